The van der Waals surface area contributed by atoms with E-state index in [0.29, 0.717) is 24.2 Å². The number of nitrogens with one attached hydrogen (secondary N) is 1. The SMILES string of the molecule is CS(=O)(=O)N1CCc2cc(C(=O)OCC(=O)Nc3ccccc3F)ccc21. The summed E-state index contributed by atoms with van der Waals surface area (Å²) in [6.07, 6.45) is 1.61. The van der Waals surface area contributed by atoms with E-state index in [1.807, 2.05) is 0 Å². The van der Waals surface area contributed by atoms with E-state index in [0.717, 1.165) is 6.26 Å². The Balaban J connectivity index is 1.62. The standard InChI is InChI=1S/C18H17FN2O5S/c1-27(24,25)21-9-8-12-10-13(6-7-16(12)21)18(23)26-11-17(22)20-15-5-3-2-4-14(15)19/h2-7,10H,8-9,11H2,1H3,(H,20,22). The van der Waals surface area contributed by atoms with Gasteiger partial charge in [0.05, 0.1) is 23.2 Å². The molecule has 0 aromatic heterocycles. The van der Waals surface area contributed by atoms with Gasteiger partial charge in [-0.25, -0.2) is 17.6 Å². The molecule has 0 saturated carbocycles. The van der Waals surface area contributed by atoms with E-state index in [9.17, 15) is 22.4 Å². The molecule has 1 aliphatic heterocycles. The number of anilines is 2. The Labute approximate surface area is 155 Å². The minimum absolute atomic E-state index is 0.00283. The fourth-order valence-corrected chi connectivity index (χ4v) is 3.76. The normalized spacial score (nSPS) is 13.2. The van der Waals surface area contributed by atoms with Crippen LogP contribution in [0.1, 0.15) is 15.9 Å². The van der Waals surface area contributed by atoms with Gasteiger partial charge in [0.25, 0.3) is 5.91 Å². The number of ether oxygens (including phenoxy) is 1. The molecule has 2 aromatic carbocycles. The molecule has 0 saturated heterocycles. The van der Waals surface area contributed by atoms with Crippen LogP contribution in [0.25, 0.3) is 0 Å². The summed E-state index contributed by atoms with van der Waals surface area (Å²) in [5.41, 5.74) is 1.46. The van der Waals surface area contributed by atoms with Crippen LogP contribution >= 0.6 is 0 Å². The van der Waals surface area contributed by atoms with Crippen molar-refractivity contribution in [3.63, 3.8) is 0 Å². The van der Waals surface area contributed by atoms with Gasteiger partial charge in [-0.05, 0) is 42.3 Å². The summed E-state index contributed by atoms with van der Waals surface area (Å²) in [7, 11) is -3.37. The lowest BCUT2D eigenvalue weighted by Gasteiger charge is -2.16. The molecule has 2 aromatic rings. The van der Waals surface area contributed by atoms with E-state index < -0.39 is 34.3 Å². The van der Waals surface area contributed by atoms with Gasteiger partial charge in [-0.3, -0.25) is 9.10 Å². The zero-order valence-corrected chi connectivity index (χ0v) is 15.3. The second kappa shape index (κ2) is 7.36. The van der Waals surface area contributed by atoms with Crippen molar-refractivity contribution < 1.29 is 27.1 Å². The Morgan fingerprint density at radius 2 is 1.96 bits per heavy atom. The Morgan fingerprint density at radius 1 is 1.22 bits per heavy atom. The van der Waals surface area contributed by atoms with Gasteiger partial charge < -0.3 is 10.1 Å². The van der Waals surface area contributed by atoms with Crippen molar-refractivity contribution in [3.8, 4) is 0 Å². The number of esters is 1. The van der Waals surface area contributed by atoms with Crippen LogP contribution in [0.5, 0.6) is 0 Å². The van der Waals surface area contributed by atoms with Crippen LogP contribution in [0.4, 0.5) is 15.8 Å². The molecule has 3 rings (SSSR count). The van der Waals surface area contributed by atoms with E-state index in [2.05, 4.69) is 5.32 Å². The molecule has 1 heterocycles. The number of hydrogen-bond acceptors (Lipinski definition) is 5. The van der Waals surface area contributed by atoms with Crippen molar-refractivity contribution in [1.29, 1.82) is 0 Å². The van der Waals surface area contributed by atoms with Gasteiger partial charge in [0.1, 0.15) is 5.82 Å². The Bertz CT molecular complexity index is 1010. The molecule has 0 spiro atoms. The number of benzene rings is 2. The van der Waals surface area contributed by atoms with Crippen molar-refractivity contribution >= 4 is 33.3 Å². The average Bonchev–Trinajstić information content (AvgIpc) is 3.05. The molecular weight excluding hydrogens is 375 g/mol. The maximum absolute atomic E-state index is 13.5. The van der Waals surface area contributed by atoms with Crippen molar-refractivity contribution in [2.45, 2.75) is 6.42 Å². The number of fused-ring (bicyclic) bond motifs is 1. The van der Waals surface area contributed by atoms with Crippen molar-refractivity contribution in [2.24, 2.45) is 0 Å². The van der Waals surface area contributed by atoms with Gasteiger partial charge in [-0.2, -0.15) is 0 Å². The summed E-state index contributed by atoms with van der Waals surface area (Å²) in [6, 6.07) is 10.2. The maximum atomic E-state index is 13.5. The van der Waals surface area contributed by atoms with Crippen LogP contribution in [-0.4, -0.2) is 39.7 Å². The molecule has 0 fully saturated rings. The number of hydrogen-bond donors (Lipinski definition) is 1. The smallest absolute Gasteiger partial charge is 0.338 e. The molecule has 7 nitrogen and oxygen atoms in total. The van der Waals surface area contributed by atoms with Crippen LogP contribution in [-0.2, 0) is 26.0 Å². The van der Waals surface area contributed by atoms with Crippen molar-refractivity contribution in [2.75, 3.05) is 29.0 Å². The second-order valence-electron chi connectivity index (χ2n) is 6.03. The minimum atomic E-state index is -3.37. The number of nitrogens with zero attached hydrogens (tertiary/aromatic N) is 1. The third-order valence-corrected chi connectivity index (χ3v) is 5.23. The van der Waals surface area contributed by atoms with Crippen molar-refractivity contribution in [3.05, 3.63) is 59.4 Å². The highest BCUT2D eigenvalue weighted by molar-refractivity contribution is 7.92. The molecule has 0 unspecified atom stereocenters. The largest absolute Gasteiger partial charge is 0.452 e. The molecule has 9 heteroatoms. The molecule has 0 radical (unpaired) electrons. The van der Waals surface area contributed by atoms with E-state index >= 15 is 0 Å². The fraction of sp³-hybridized carbons (Fsp3) is 0.222. The lowest BCUT2D eigenvalue weighted by molar-refractivity contribution is -0.119. The first kappa shape index (κ1) is 18.8. The molecule has 1 amide bonds. The lowest BCUT2D eigenvalue weighted by Crippen LogP contribution is -2.27. The lowest BCUT2D eigenvalue weighted by atomic mass is 10.1. The van der Waals surface area contributed by atoms with Crippen molar-refractivity contribution in [1.82, 2.24) is 0 Å². The highest BCUT2D eigenvalue weighted by Gasteiger charge is 2.27. The monoisotopic (exact) mass is 392 g/mol. The van der Waals surface area contributed by atoms with Gasteiger partial charge in [0.15, 0.2) is 6.61 Å². The predicted octanol–water partition coefficient (Wildman–Crippen LogP) is 1.94. The van der Waals surface area contributed by atoms with E-state index in [1.165, 1.54) is 28.6 Å². The zero-order valence-electron chi connectivity index (χ0n) is 14.4. The third kappa shape index (κ3) is 4.25. The molecule has 0 aliphatic carbocycles. The summed E-state index contributed by atoms with van der Waals surface area (Å²) >= 11 is 0. The van der Waals surface area contributed by atoms with Gasteiger partial charge in [0, 0.05) is 6.54 Å². The van der Waals surface area contributed by atoms with Gasteiger partial charge >= 0.3 is 5.97 Å². The number of carbonyl (C=O) groups excluding carboxylic acids is 2. The molecule has 0 bridgehead atoms. The number of rotatable bonds is 5. The zero-order chi connectivity index (χ0) is 19.6. The highest BCUT2D eigenvalue weighted by atomic mass is 32.2. The quantitative estimate of drug-likeness (QED) is 0.785. The Morgan fingerprint density at radius 3 is 2.67 bits per heavy atom. The van der Waals surface area contributed by atoms with Crippen LogP contribution in [0, 0.1) is 5.82 Å². The summed E-state index contributed by atoms with van der Waals surface area (Å²) < 4.78 is 43.2. The fourth-order valence-electron chi connectivity index (χ4n) is 2.81. The van der Waals surface area contributed by atoms with Gasteiger partial charge in [-0.15, -0.1) is 0 Å². The summed E-state index contributed by atoms with van der Waals surface area (Å²) in [4.78, 5) is 24.0. The average molecular weight is 392 g/mol. The maximum Gasteiger partial charge on any atom is 0.338 e. The molecule has 0 atom stereocenters. The first-order valence-corrected chi connectivity index (χ1v) is 9.92. The van der Waals surface area contributed by atoms with Crippen LogP contribution < -0.4 is 9.62 Å². The topological polar surface area (TPSA) is 92.8 Å². The van der Waals surface area contributed by atoms with E-state index in [-0.39, 0.29) is 11.3 Å². The molecule has 1 N–H and O–H groups in total. The molecule has 142 valence electrons. The Kier molecular flexibility index (Phi) is 5.13. The predicted molar refractivity (Wildman–Crippen MR) is 97.6 cm³/mol. The van der Waals surface area contributed by atoms with Crippen LogP contribution in [0.3, 0.4) is 0 Å². The number of amides is 1. The highest BCUT2D eigenvalue weighted by Crippen LogP contribution is 2.30. The number of carbonyl (C=O) groups is 2. The summed E-state index contributed by atoms with van der Waals surface area (Å²) in [6.45, 7) is -0.253. The number of sulfonamides is 1. The number of halogens is 1. The third-order valence-electron chi connectivity index (χ3n) is 4.05. The minimum Gasteiger partial charge on any atom is -0.452 e. The van der Waals surface area contributed by atoms with E-state index in [1.54, 1.807) is 18.2 Å². The molecule has 27 heavy (non-hydrogen) atoms. The van der Waals surface area contributed by atoms with Crippen LogP contribution in [0.15, 0.2) is 42.5 Å². The molecule has 1 aliphatic rings. The first-order valence-electron chi connectivity index (χ1n) is 8.08. The second-order valence-corrected chi connectivity index (χ2v) is 7.94. The summed E-state index contributed by atoms with van der Waals surface area (Å²) in [5, 5.41) is 2.32. The molecular formula is C18H17FN2O5S. The van der Waals surface area contributed by atoms with Crippen LogP contribution in [0.2, 0.25) is 0 Å². The number of para-hydroxylation sites is 1. The first-order chi connectivity index (χ1) is 12.8. The van der Waals surface area contributed by atoms with Gasteiger partial charge in [-0.1, -0.05) is 12.1 Å². The van der Waals surface area contributed by atoms with E-state index in [4.69, 9.17) is 4.74 Å². The Hall–Kier alpha value is -2.94. The van der Waals surface area contributed by atoms with Gasteiger partial charge in [0.2, 0.25) is 10.0 Å². The summed E-state index contributed by atoms with van der Waals surface area (Å²) in [5.74, 6) is -1.98.